The molecule has 1 aliphatic rings. The molecule has 22 heavy (non-hydrogen) atoms. The number of piperidine rings is 1. The monoisotopic (exact) mass is 306 g/mol. The van der Waals surface area contributed by atoms with Crippen molar-refractivity contribution in [2.24, 2.45) is 16.6 Å². The maximum atomic E-state index is 6.22. The van der Waals surface area contributed by atoms with Gasteiger partial charge in [-0.1, -0.05) is 20.8 Å². The van der Waals surface area contributed by atoms with Gasteiger partial charge in [0.2, 0.25) is 0 Å². The number of guanidine groups is 1. The minimum Gasteiger partial charge on any atom is -0.468 e. The van der Waals surface area contributed by atoms with Crippen molar-refractivity contribution >= 4 is 5.96 Å². The van der Waals surface area contributed by atoms with Crippen LogP contribution in [0.3, 0.4) is 0 Å². The van der Waals surface area contributed by atoms with Gasteiger partial charge in [0.25, 0.3) is 0 Å². The standard InChI is InChI=1S/C17H30N4O/c1-4-20(5-2)15(16-9-7-11-22-16)12-19-17(18)21-10-6-8-14(3)13-21/h7,9,11,14-15H,4-6,8,10,12-13H2,1-3H3,(H2,18,19). The van der Waals surface area contributed by atoms with Crippen LogP contribution in [0.15, 0.2) is 27.8 Å². The van der Waals surface area contributed by atoms with Gasteiger partial charge < -0.3 is 15.1 Å². The topological polar surface area (TPSA) is 58.0 Å². The Balaban J connectivity index is 2.05. The van der Waals surface area contributed by atoms with E-state index in [4.69, 9.17) is 10.2 Å². The smallest absolute Gasteiger partial charge is 0.191 e. The summed E-state index contributed by atoms with van der Waals surface area (Å²) < 4.78 is 5.61. The number of likely N-dealkylation sites (N-methyl/N-ethyl adjacent to an activating group) is 1. The summed E-state index contributed by atoms with van der Waals surface area (Å²) in [5, 5.41) is 0. The van der Waals surface area contributed by atoms with E-state index in [0.29, 0.717) is 18.4 Å². The maximum absolute atomic E-state index is 6.22. The molecule has 0 aliphatic carbocycles. The summed E-state index contributed by atoms with van der Waals surface area (Å²) in [6.07, 6.45) is 4.22. The van der Waals surface area contributed by atoms with Crippen molar-refractivity contribution in [3.63, 3.8) is 0 Å². The molecule has 124 valence electrons. The Bertz CT molecular complexity index is 453. The summed E-state index contributed by atoms with van der Waals surface area (Å²) in [6.45, 7) is 11.2. The van der Waals surface area contributed by atoms with E-state index in [1.807, 2.05) is 12.1 Å². The van der Waals surface area contributed by atoms with Crippen LogP contribution in [0.2, 0.25) is 0 Å². The van der Waals surface area contributed by atoms with Gasteiger partial charge in [-0.2, -0.15) is 0 Å². The molecule has 1 aromatic heterocycles. The molecule has 0 amide bonds. The van der Waals surface area contributed by atoms with Crippen LogP contribution in [-0.2, 0) is 0 Å². The van der Waals surface area contributed by atoms with E-state index in [0.717, 1.165) is 31.9 Å². The summed E-state index contributed by atoms with van der Waals surface area (Å²) in [6, 6.07) is 4.12. The summed E-state index contributed by atoms with van der Waals surface area (Å²) in [7, 11) is 0. The van der Waals surface area contributed by atoms with Crippen LogP contribution in [0.25, 0.3) is 0 Å². The van der Waals surface area contributed by atoms with E-state index in [9.17, 15) is 0 Å². The molecule has 0 bridgehead atoms. The Morgan fingerprint density at radius 2 is 2.27 bits per heavy atom. The quantitative estimate of drug-likeness (QED) is 0.648. The molecule has 2 N–H and O–H groups in total. The lowest BCUT2D eigenvalue weighted by Crippen LogP contribution is -2.44. The van der Waals surface area contributed by atoms with Crippen LogP contribution in [0.4, 0.5) is 0 Å². The molecule has 2 unspecified atom stereocenters. The van der Waals surface area contributed by atoms with E-state index in [2.05, 4.69) is 35.6 Å². The Morgan fingerprint density at radius 3 is 2.86 bits per heavy atom. The van der Waals surface area contributed by atoms with Crippen LogP contribution in [0.1, 0.15) is 45.4 Å². The fourth-order valence-corrected chi connectivity index (χ4v) is 3.21. The molecule has 5 heteroatoms. The van der Waals surface area contributed by atoms with E-state index in [-0.39, 0.29) is 6.04 Å². The normalized spacial score (nSPS) is 21.4. The van der Waals surface area contributed by atoms with E-state index in [1.54, 1.807) is 6.26 Å². The van der Waals surface area contributed by atoms with E-state index >= 15 is 0 Å². The second-order valence-electron chi connectivity index (χ2n) is 6.14. The fraction of sp³-hybridized carbons (Fsp3) is 0.706. The molecule has 1 aromatic rings. The van der Waals surface area contributed by atoms with Crippen LogP contribution in [0, 0.1) is 5.92 Å². The Kier molecular flexibility index (Phi) is 6.31. The van der Waals surface area contributed by atoms with Crippen LogP contribution in [0.5, 0.6) is 0 Å². The van der Waals surface area contributed by atoms with Gasteiger partial charge in [-0.05, 0) is 44.0 Å². The average molecular weight is 306 g/mol. The molecule has 0 saturated carbocycles. The summed E-state index contributed by atoms with van der Waals surface area (Å²) >= 11 is 0. The average Bonchev–Trinajstić information content (AvgIpc) is 3.05. The van der Waals surface area contributed by atoms with Gasteiger partial charge >= 0.3 is 0 Å². The molecular formula is C17H30N4O. The number of nitrogens with zero attached hydrogens (tertiary/aromatic N) is 3. The molecule has 2 rings (SSSR count). The van der Waals surface area contributed by atoms with Crippen molar-refractivity contribution in [3.8, 4) is 0 Å². The van der Waals surface area contributed by atoms with Crippen LogP contribution in [-0.4, -0.2) is 48.5 Å². The van der Waals surface area contributed by atoms with Crippen molar-refractivity contribution in [2.45, 2.75) is 39.7 Å². The number of aliphatic imine (C=N–C) groups is 1. The molecule has 0 radical (unpaired) electrons. The molecule has 0 aromatic carbocycles. The first kappa shape index (κ1) is 16.9. The Morgan fingerprint density at radius 1 is 1.50 bits per heavy atom. The molecule has 0 spiro atoms. The highest BCUT2D eigenvalue weighted by atomic mass is 16.3. The fourth-order valence-electron chi connectivity index (χ4n) is 3.21. The summed E-state index contributed by atoms with van der Waals surface area (Å²) in [5.74, 6) is 2.34. The largest absolute Gasteiger partial charge is 0.468 e. The lowest BCUT2D eigenvalue weighted by Gasteiger charge is -2.32. The lowest BCUT2D eigenvalue weighted by atomic mass is 10.0. The third-order valence-electron chi connectivity index (χ3n) is 4.53. The zero-order valence-corrected chi connectivity index (χ0v) is 14.2. The van der Waals surface area contributed by atoms with Crippen molar-refractivity contribution in [3.05, 3.63) is 24.2 Å². The highest BCUT2D eigenvalue weighted by Gasteiger charge is 2.22. The third kappa shape index (κ3) is 4.26. The summed E-state index contributed by atoms with van der Waals surface area (Å²) in [4.78, 5) is 9.25. The number of rotatable bonds is 6. The first-order valence-corrected chi connectivity index (χ1v) is 8.48. The number of likely N-dealkylation sites (tertiary alicyclic amines) is 1. The van der Waals surface area contributed by atoms with Gasteiger partial charge in [0.1, 0.15) is 5.76 Å². The highest BCUT2D eigenvalue weighted by Crippen LogP contribution is 2.22. The van der Waals surface area contributed by atoms with Crippen molar-refractivity contribution in [1.29, 1.82) is 0 Å². The maximum Gasteiger partial charge on any atom is 0.191 e. The third-order valence-corrected chi connectivity index (χ3v) is 4.53. The number of furan rings is 1. The van der Waals surface area contributed by atoms with Gasteiger partial charge in [-0.15, -0.1) is 0 Å². The Hall–Kier alpha value is -1.49. The SMILES string of the molecule is CCN(CC)C(CN=C(N)N1CCCC(C)C1)c1ccco1. The molecule has 2 atom stereocenters. The molecule has 1 saturated heterocycles. The number of hydrogen-bond donors (Lipinski definition) is 1. The second-order valence-corrected chi connectivity index (χ2v) is 6.14. The van der Waals surface area contributed by atoms with Gasteiger partial charge in [0.05, 0.1) is 18.8 Å². The van der Waals surface area contributed by atoms with Crippen molar-refractivity contribution < 1.29 is 4.42 Å². The predicted octanol–water partition coefficient (Wildman–Crippen LogP) is 2.71. The van der Waals surface area contributed by atoms with Crippen LogP contribution < -0.4 is 5.73 Å². The minimum absolute atomic E-state index is 0.158. The van der Waals surface area contributed by atoms with Gasteiger partial charge in [0.15, 0.2) is 5.96 Å². The first-order chi connectivity index (χ1) is 10.7. The number of hydrogen-bond acceptors (Lipinski definition) is 3. The Labute approximate surface area is 134 Å². The predicted molar refractivity (Wildman–Crippen MR) is 90.8 cm³/mol. The van der Waals surface area contributed by atoms with Gasteiger partial charge in [-0.3, -0.25) is 9.89 Å². The molecule has 1 aliphatic heterocycles. The molecule has 5 nitrogen and oxygen atoms in total. The van der Waals surface area contributed by atoms with E-state index in [1.165, 1.54) is 12.8 Å². The first-order valence-electron chi connectivity index (χ1n) is 8.48. The van der Waals surface area contributed by atoms with E-state index < -0.39 is 0 Å². The lowest BCUT2D eigenvalue weighted by molar-refractivity contribution is 0.197. The molecular weight excluding hydrogens is 276 g/mol. The highest BCUT2D eigenvalue weighted by molar-refractivity contribution is 5.78. The van der Waals surface area contributed by atoms with Crippen LogP contribution >= 0.6 is 0 Å². The zero-order valence-electron chi connectivity index (χ0n) is 14.2. The summed E-state index contributed by atoms with van der Waals surface area (Å²) in [5.41, 5.74) is 6.22. The van der Waals surface area contributed by atoms with Gasteiger partial charge in [0, 0.05) is 13.1 Å². The van der Waals surface area contributed by atoms with Gasteiger partial charge in [-0.25, -0.2) is 0 Å². The molecule has 1 fully saturated rings. The second kappa shape index (κ2) is 8.22. The number of nitrogens with two attached hydrogens (primary N) is 1. The van der Waals surface area contributed by atoms with Crippen molar-refractivity contribution in [2.75, 3.05) is 32.7 Å². The minimum atomic E-state index is 0.158. The zero-order chi connectivity index (χ0) is 15.9. The molecule has 2 heterocycles. The van der Waals surface area contributed by atoms with Crippen molar-refractivity contribution in [1.82, 2.24) is 9.80 Å².